The van der Waals surface area contributed by atoms with E-state index < -0.39 is 24.6 Å². The van der Waals surface area contributed by atoms with Crippen LogP contribution in [0.4, 0.5) is 4.39 Å². The highest BCUT2D eigenvalue weighted by Crippen LogP contribution is 2.31. The van der Waals surface area contributed by atoms with Gasteiger partial charge in [0.25, 0.3) is 0 Å². The van der Waals surface area contributed by atoms with Crippen molar-refractivity contribution in [3.05, 3.63) is 53.8 Å². The summed E-state index contributed by atoms with van der Waals surface area (Å²) in [6, 6.07) is 11.8. The lowest BCUT2D eigenvalue weighted by atomic mass is 9.96. The van der Waals surface area contributed by atoms with Gasteiger partial charge in [-0.1, -0.05) is 31.5 Å². The van der Waals surface area contributed by atoms with Crippen LogP contribution in [-0.4, -0.2) is 46.5 Å². The maximum absolute atomic E-state index is 13.6. The van der Waals surface area contributed by atoms with Gasteiger partial charge in [-0.2, -0.15) is 0 Å². The standard InChI is InChI=1S/C20H23FO5/c1-2-4-12-7-8-15(10-16(12)13-5-3-6-14(21)9-13)26-20-19(24)18(23)17(22)11-25-20/h3,5-10,17-20,22-24H,2,4,11H2,1H3/t17-,18-,19+,20-/m0/s1. The Hall–Kier alpha value is -1.99. The molecule has 1 heterocycles. The predicted octanol–water partition coefficient (Wildman–Crippen LogP) is 2.26. The summed E-state index contributed by atoms with van der Waals surface area (Å²) in [6.07, 6.45) is -3.18. The molecule has 0 amide bonds. The van der Waals surface area contributed by atoms with Crippen LogP contribution in [0.1, 0.15) is 18.9 Å². The van der Waals surface area contributed by atoms with Crippen molar-refractivity contribution in [2.45, 2.75) is 44.4 Å². The van der Waals surface area contributed by atoms with Crippen molar-refractivity contribution in [1.29, 1.82) is 0 Å². The Bertz CT molecular complexity index is 751. The Kier molecular flexibility index (Phi) is 5.88. The lowest BCUT2D eigenvalue weighted by molar-refractivity contribution is -0.242. The topological polar surface area (TPSA) is 79.2 Å². The zero-order valence-electron chi connectivity index (χ0n) is 14.5. The number of benzene rings is 2. The highest BCUT2D eigenvalue weighted by Gasteiger charge is 2.39. The van der Waals surface area contributed by atoms with Gasteiger partial charge >= 0.3 is 0 Å². The van der Waals surface area contributed by atoms with Crippen molar-refractivity contribution in [3.63, 3.8) is 0 Å². The number of aliphatic hydroxyl groups is 3. The highest BCUT2D eigenvalue weighted by molar-refractivity contribution is 5.69. The molecule has 2 aromatic rings. The molecule has 0 aliphatic carbocycles. The smallest absolute Gasteiger partial charge is 0.228 e. The Morgan fingerprint density at radius 2 is 1.92 bits per heavy atom. The van der Waals surface area contributed by atoms with Crippen LogP contribution in [-0.2, 0) is 11.2 Å². The molecule has 1 saturated heterocycles. The summed E-state index contributed by atoms with van der Waals surface area (Å²) in [6.45, 7) is 1.94. The number of ether oxygens (including phenoxy) is 2. The molecule has 0 aromatic heterocycles. The summed E-state index contributed by atoms with van der Waals surface area (Å²) in [5, 5.41) is 29.3. The first-order valence-electron chi connectivity index (χ1n) is 8.71. The molecule has 2 aromatic carbocycles. The number of aliphatic hydroxyl groups excluding tert-OH is 3. The zero-order valence-corrected chi connectivity index (χ0v) is 14.5. The minimum Gasteiger partial charge on any atom is -0.462 e. The normalized spacial score (nSPS) is 25.9. The van der Waals surface area contributed by atoms with Crippen molar-refractivity contribution in [2.24, 2.45) is 0 Å². The number of aryl methyl sites for hydroxylation is 1. The molecule has 1 aliphatic rings. The van der Waals surface area contributed by atoms with Gasteiger partial charge in [-0.3, -0.25) is 0 Å². The van der Waals surface area contributed by atoms with E-state index in [1.54, 1.807) is 18.2 Å². The van der Waals surface area contributed by atoms with E-state index in [9.17, 15) is 19.7 Å². The maximum Gasteiger partial charge on any atom is 0.228 e. The second-order valence-corrected chi connectivity index (χ2v) is 6.45. The summed E-state index contributed by atoms with van der Waals surface area (Å²) in [5.74, 6) is 0.108. The summed E-state index contributed by atoms with van der Waals surface area (Å²) in [7, 11) is 0. The van der Waals surface area contributed by atoms with Gasteiger partial charge in [0.1, 0.15) is 29.9 Å². The SMILES string of the molecule is CCCc1ccc(O[C@@H]2OC[C@H](O)[C@H](O)[C@H]2O)cc1-c1cccc(F)c1. The largest absolute Gasteiger partial charge is 0.462 e. The molecule has 6 heteroatoms. The first kappa shape index (κ1) is 18.8. The molecule has 0 saturated carbocycles. The molecule has 5 nitrogen and oxygen atoms in total. The van der Waals surface area contributed by atoms with E-state index >= 15 is 0 Å². The van der Waals surface area contributed by atoms with Crippen LogP contribution in [0.15, 0.2) is 42.5 Å². The van der Waals surface area contributed by atoms with Crippen molar-refractivity contribution in [2.75, 3.05) is 6.61 Å². The Morgan fingerprint density at radius 1 is 1.12 bits per heavy atom. The monoisotopic (exact) mass is 362 g/mol. The van der Waals surface area contributed by atoms with Crippen LogP contribution in [0.2, 0.25) is 0 Å². The maximum atomic E-state index is 13.6. The number of rotatable bonds is 5. The summed E-state index contributed by atoms with van der Waals surface area (Å²) >= 11 is 0. The lowest BCUT2D eigenvalue weighted by Gasteiger charge is -2.35. The fourth-order valence-corrected chi connectivity index (χ4v) is 3.06. The molecule has 0 spiro atoms. The van der Waals surface area contributed by atoms with Crippen LogP contribution in [0.25, 0.3) is 11.1 Å². The summed E-state index contributed by atoms with van der Waals surface area (Å²) < 4.78 is 24.6. The predicted molar refractivity (Wildman–Crippen MR) is 94.2 cm³/mol. The van der Waals surface area contributed by atoms with E-state index in [0.717, 1.165) is 29.5 Å². The molecule has 0 radical (unpaired) electrons. The van der Waals surface area contributed by atoms with Crippen LogP contribution in [0.3, 0.4) is 0 Å². The van der Waals surface area contributed by atoms with E-state index in [0.29, 0.717) is 5.75 Å². The van der Waals surface area contributed by atoms with Crippen molar-refractivity contribution < 1.29 is 29.2 Å². The molecule has 26 heavy (non-hydrogen) atoms. The third-order valence-corrected chi connectivity index (χ3v) is 4.44. The molecule has 4 atom stereocenters. The molecule has 1 aliphatic heterocycles. The number of halogens is 1. The van der Waals surface area contributed by atoms with Crippen LogP contribution < -0.4 is 4.74 Å². The summed E-state index contributed by atoms with van der Waals surface area (Å²) in [5.41, 5.74) is 2.64. The van der Waals surface area contributed by atoms with Crippen LogP contribution >= 0.6 is 0 Å². The fourth-order valence-electron chi connectivity index (χ4n) is 3.06. The lowest BCUT2D eigenvalue weighted by Crippen LogP contribution is -2.54. The second kappa shape index (κ2) is 8.14. The second-order valence-electron chi connectivity index (χ2n) is 6.45. The van der Waals surface area contributed by atoms with Gasteiger partial charge in [0.05, 0.1) is 6.61 Å². The molecular weight excluding hydrogens is 339 g/mol. The van der Waals surface area contributed by atoms with Crippen molar-refractivity contribution in [3.8, 4) is 16.9 Å². The molecule has 1 fully saturated rings. The zero-order chi connectivity index (χ0) is 18.7. The minimum atomic E-state index is -1.37. The highest BCUT2D eigenvalue weighted by atomic mass is 19.1. The van der Waals surface area contributed by atoms with Gasteiger partial charge in [0.15, 0.2) is 0 Å². The van der Waals surface area contributed by atoms with Gasteiger partial charge < -0.3 is 24.8 Å². The molecular formula is C20H23FO5. The van der Waals surface area contributed by atoms with E-state index in [1.165, 1.54) is 12.1 Å². The van der Waals surface area contributed by atoms with Gasteiger partial charge in [-0.15, -0.1) is 0 Å². The first-order valence-corrected chi connectivity index (χ1v) is 8.71. The van der Waals surface area contributed by atoms with E-state index in [1.807, 2.05) is 12.1 Å². The molecule has 140 valence electrons. The van der Waals surface area contributed by atoms with Gasteiger partial charge in [0, 0.05) is 0 Å². The summed E-state index contributed by atoms with van der Waals surface area (Å²) in [4.78, 5) is 0. The van der Waals surface area contributed by atoms with E-state index in [-0.39, 0.29) is 12.4 Å². The fraction of sp³-hybridized carbons (Fsp3) is 0.400. The number of hydrogen-bond donors (Lipinski definition) is 3. The Labute approximate surface area is 151 Å². The van der Waals surface area contributed by atoms with Crippen LogP contribution in [0.5, 0.6) is 5.75 Å². The van der Waals surface area contributed by atoms with Crippen molar-refractivity contribution >= 4 is 0 Å². The quantitative estimate of drug-likeness (QED) is 0.760. The van der Waals surface area contributed by atoms with Gasteiger partial charge in [-0.05, 0) is 47.4 Å². The molecule has 3 rings (SSSR count). The third-order valence-electron chi connectivity index (χ3n) is 4.44. The van der Waals surface area contributed by atoms with Gasteiger partial charge in [-0.25, -0.2) is 4.39 Å². The van der Waals surface area contributed by atoms with Crippen LogP contribution in [0, 0.1) is 5.82 Å². The average molecular weight is 362 g/mol. The van der Waals surface area contributed by atoms with Crippen molar-refractivity contribution in [1.82, 2.24) is 0 Å². The molecule has 3 N–H and O–H groups in total. The Morgan fingerprint density at radius 3 is 2.65 bits per heavy atom. The minimum absolute atomic E-state index is 0.131. The molecule has 0 bridgehead atoms. The van der Waals surface area contributed by atoms with Gasteiger partial charge in [0.2, 0.25) is 6.29 Å². The molecule has 0 unspecified atom stereocenters. The third kappa shape index (κ3) is 4.04. The van der Waals surface area contributed by atoms with E-state index in [2.05, 4.69) is 6.92 Å². The van der Waals surface area contributed by atoms with E-state index in [4.69, 9.17) is 9.47 Å². The first-order chi connectivity index (χ1) is 12.5. The Balaban J connectivity index is 1.88. The number of hydrogen-bond acceptors (Lipinski definition) is 5. The average Bonchev–Trinajstić information content (AvgIpc) is 2.63.